The van der Waals surface area contributed by atoms with E-state index in [-0.39, 0.29) is 33.6 Å². The molecule has 1 aromatic heterocycles. The predicted octanol–water partition coefficient (Wildman–Crippen LogP) is 2.82. The first-order chi connectivity index (χ1) is 16.6. The van der Waals surface area contributed by atoms with Crippen molar-refractivity contribution in [2.75, 3.05) is 11.6 Å². The lowest BCUT2D eigenvalue weighted by atomic mass is 10.1. The molecule has 0 spiro atoms. The molecule has 35 heavy (non-hydrogen) atoms. The molecule has 4 aromatic rings. The highest BCUT2D eigenvalue weighted by molar-refractivity contribution is 7.90. The van der Waals surface area contributed by atoms with Gasteiger partial charge in [0, 0.05) is 11.8 Å². The van der Waals surface area contributed by atoms with E-state index in [9.17, 15) is 27.5 Å². The van der Waals surface area contributed by atoms with Crippen LogP contribution in [0, 0.1) is 17.1 Å². The lowest BCUT2D eigenvalue weighted by molar-refractivity contribution is 0.102. The van der Waals surface area contributed by atoms with E-state index in [1.165, 1.54) is 23.0 Å². The highest BCUT2D eigenvalue weighted by atomic mass is 32.2. The summed E-state index contributed by atoms with van der Waals surface area (Å²) in [5, 5.41) is 21.2. The zero-order valence-electron chi connectivity index (χ0n) is 18.2. The van der Waals surface area contributed by atoms with Crippen LogP contribution >= 0.6 is 0 Å². The predicted molar refractivity (Wildman–Crippen MR) is 125 cm³/mol. The van der Waals surface area contributed by atoms with Crippen LogP contribution in [0.2, 0.25) is 0 Å². The van der Waals surface area contributed by atoms with Crippen molar-refractivity contribution >= 4 is 32.3 Å². The van der Waals surface area contributed by atoms with Crippen LogP contribution in [0.25, 0.3) is 10.9 Å². The van der Waals surface area contributed by atoms with Crippen molar-refractivity contribution in [1.29, 1.82) is 5.26 Å². The number of aromatic hydroxyl groups is 1. The van der Waals surface area contributed by atoms with E-state index in [4.69, 9.17) is 5.26 Å². The van der Waals surface area contributed by atoms with Crippen molar-refractivity contribution in [2.45, 2.75) is 11.4 Å². The fraction of sp³-hybridized carbons (Fsp3) is 0.0833. The van der Waals surface area contributed by atoms with E-state index >= 15 is 0 Å². The molecule has 1 heterocycles. The van der Waals surface area contributed by atoms with E-state index in [1.807, 2.05) is 0 Å². The maximum Gasteiger partial charge on any atom is 0.263 e. The smallest absolute Gasteiger partial charge is 0.263 e. The molecule has 0 saturated heterocycles. The van der Waals surface area contributed by atoms with Crippen molar-refractivity contribution in [2.24, 2.45) is 0 Å². The molecule has 0 saturated carbocycles. The van der Waals surface area contributed by atoms with Crippen molar-refractivity contribution in [3.8, 4) is 11.8 Å². The van der Waals surface area contributed by atoms with Crippen LogP contribution < -0.4 is 10.9 Å². The van der Waals surface area contributed by atoms with Gasteiger partial charge in [-0.05, 0) is 35.9 Å². The molecule has 0 unspecified atom stereocenters. The van der Waals surface area contributed by atoms with Crippen molar-refractivity contribution in [1.82, 2.24) is 9.55 Å². The number of anilines is 1. The summed E-state index contributed by atoms with van der Waals surface area (Å²) < 4.78 is 39.4. The quantitative estimate of drug-likeness (QED) is 0.436. The van der Waals surface area contributed by atoms with Crippen molar-refractivity contribution < 1.29 is 22.7 Å². The molecule has 0 bridgehead atoms. The Morgan fingerprint density at radius 2 is 1.94 bits per heavy atom. The van der Waals surface area contributed by atoms with Gasteiger partial charge in [-0.25, -0.2) is 17.8 Å². The monoisotopic (exact) mass is 492 g/mol. The number of rotatable bonds is 5. The van der Waals surface area contributed by atoms with Crippen LogP contribution in [0.1, 0.15) is 21.5 Å². The second-order valence-electron chi connectivity index (χ2n) is 7.68. The number of nitrogens with zero attached hydrogens (tertiary/aromatic N) is 3. The average Bonchev–Trinajstić information content (AvgIpc) is 2.82. The molecule has 2 N–H and O–H groups in total. The number of nitrogens with one attached hydrogen (secondary N) is 1. The van der Waals surface area contributed by atoms with E-state index < -0.39 is 38.4 Å². The number of phenolic OH excluding ortho intramolecular Hbond substituents is 1. The third-order valence-corrected chi connectivity index (χ3v) is 6.46. The average molecular weight is 492 g/mol. The van der Waals surface area contributed by atoms with Gasteiger partial charge in [0.1, 0.15) is 6.07 Å². The third kappa shape index (κ3) is 4.60. The highest BCUT2D eigenvalue weighted by Gasteiger charge is 2.18. The third-order valence-electron chi connectivity index (χ3n) is 5.26. The van der Waals surface area contributed by atoms with Gasteiger partial charge >= 0.3 is 0 Å². The lowest BCUT2D eigenvalue weighted by Gasteiger charge is -2.13. The van der Waals surface area contributed by atoms with Crippen molar-refractivity contribution in [3.63, 3.8) is 0 Å². The molecule has 1 amide bonds. The van der Waals surface area contributed by atoms with Gasteiger partial charge in [-0.15, -0.1) is 0 Å². The first-order valence-electron chi connectivity index (χ1n) is 10.1. The fourth-order valence-electron chi connectivity index (χ4n) is 3.61. The van der Waals surface area contributed by atoms with Gasteiger partial charge in [0.2, 0.25) is 0 Å². The molecule has 0 aliphatic carbocycles. The Hall–Kier alpha value is -4.56. The van der Waals surface area contributed by atoms with Gasteiger partial charge in [-0.1, -0.05) is 24.3 Å². The van der Waals surface area contributed by atoms with E-state index in [0.29, 0.717) is 5.56 Å². The first-order valence-corrected chi connectivity index (χ1v) is 12.0. The minimum atomic E-state index is -3.54. The molecule has 0 radical (unpaired) electrons. The minimum absolute atomic E-state index is 0.0555. The molecule has 176 valence electrons. The van der Waals surface area contributed by atoms with E-state index in [2.05, 4.69) is 10.3 Å². The Morgan fingerprint density at radius 3 is 2.66 bits per heavy atom. The lowest BCUT2D eigenvalue weighted by Crippen LogP contribution is -2.24. The summed E-state index contributed by atoms with van der Waals surface area (Å²) in [7, 11) is -3.54. The summed E-state index contributed by atoms with van der Waals surface area (Å²) in [5.41, 5.74) is -0.438. The SMILES string of the molecule is CS(=O)(=O)c1ccccc1Cn1cnc2cccc(NC(=O)c3cc(F)c(O)c(C#N)c3)c2c1=O. The molecule has 9 nitrogen and oxygen atoms in total. The maximum atomic E-state index is 13.9. The van der Waals surface area contributed by atoms with Crippen molar-refractivity contribution in [3.05, 3.63) is 93.8 Å². The Morgan fingerprint density at radius 1 is 1.20 bits per heavy atom. The Bertz CT molecular complexity index is 1710. The minimum Gasteiger partial charge on any atom is -0.504 e. The Balaban J connectivity index is 1.77. The van der Waals surface area contributed by atoms with Gasteiger partial charge in [-0.2, -0.15) is 5.26 Å². The number of carbonyl (C=O) groups is 1. The number of sulfone groups is 1. The molecule has 0 fully saturated rings. The number of hydrogen-bond donors (Lipinski definition) is 2. The van der Waals surface area contributed by atoms with E-state index in [0.717, 1.165) is 18.4 Å². The number of halogens is 1. The van der Waals surface area contributed by atoms with Gasteiger partial charge in [-0.3, -0.25) is 14.2 Å². The first kappa shape index (κ1) is 23.6. The Kier molecular flexibility index (Phi) is 6.07. The standard InChI is InChI=1S/C24H17FN4O5S/c1-35(33,34)20-8-3-2-5-14(20)12-29-13-27-18-6-4-7-19(21(18)24(29)32)28-23(31)15-9-16(11-26)22(30)17(25)10-15/h2-10,13,30H,12H2,1H3,(H,28,31). The number of carbonyl (C=O) groups excluding carboxylic acids is 1. The van der Waals surface area contributed by atoms with Gasteiger partial charge in [0.05, 0.1) is 39.9 Å². The summed E-state index contributed by atoms with van der Waals surface area (Å²) in [6.45, 7) is -0.0813. The number of amides is 1. The van der Waals surface area contributed by atoms with E-state index in [1.54, 1.807) is 36.4 Å². The van der Waals surface area contributed by atoms with Crippen LogP contribution in [0.5, 0.6) is 5.75 Å². The summed E-state index contributed by atoms with van der Waals surface area (Å²) in [4.78, 5) is 30.4. The number of fused-ring (bicyclic) bond motifs is 1. The Labute approximate surface area is 198 Å². The molecule has 0 atom stereocenters. The highest BCUT2D eigenvalue weighted by Crippen LogP contribution is 2.24. The van der Waals surface area contributed by atoms with Crippen LogP contribution in [-0.2, 0) is 16.4 Å². The maximum absolute atomic E-state index is 13.9. The normalized spacial score (nSPS) is 11.2. The summed E-state index contributed by atoms with van der Waals surface area (Å²) >= 11 is 0. The van der Waals surface area contributed by atoms with Gasteiger partial charge in [0.15, 0.2) is 21.4 Å². The summed E-state index contributed by atoms with van der Waals surface area (Å²) in [6.07, 6.45) is 2.36. The molecule has 11 heteroatoms. The number of benzene rings is 3. The molecule has 0 aliphatic heterocycles. The second kappa shape index (κ2) is 9.00. The summed E-state index contributed by atoms with van der Waals surface area (Å²) in [6, 6.07) is 14.3. The van der Waals surface area contributed by atoms with Gasteiger partial charge < -0.3 is 10.4 Å². The zero-order valence-corrected chi connectivity index (χ0v) is 19.0. The molecular weight excluding hydrogens is 475 g/mol. The largest absolute Gasteiger partial charge is 0.504 e. The molecule has 0 aliphatic rings. The number of nitriles is 1. The molecular formula is C24H17FN4O5S. The summed E-state index contributed by atoms with van der Waals surface area (Å²) in [5.74, 6) is -2.82. The molecule has 3 aromatic carbocycles. The molecule has 4 rings (SSSR count). The number of phenols is 1. The topological polar surface area (TPSA) is 142 Å². The zero-order chi connectivity index (χ0) is 25.3. The van der Waals surface area contributed by atoms with Crippen LogP contribution in [-0.4, -0.2) is 35.2 Å². The van der Waals surface area contributed by atoms with Gasteiger partial charge in [0.25, 0.3) is 11.5 Å². The van der Waals surface area contributed by atoms with Crippen LogP contribution in [0.3, 0.4) is 0 Å². The number of aromatic nitrogens is 2. The van der Waals surface area contributed by atoms with Crippen LogP contribution in [0.15, 0.2) is 70.6 Å². The second-order valence-corrected chi connectivity index (χ2v) is 9.66. The fourth-order valence-corrected chi connectivity index (χ4v) is 4.54. The van der Waals surface area contributed by atoms with Crippen LogP contribution in [0.4, 0.5) is 10.1 Å². The number of hydrogen-bond acceptors (Lipinski definition) is 7.